The predicted octanol–water partition coefficient (Wildman–Crippen LogP) is 2.16. The Bertz CT molecular complexity index is 1060. The highest BCUT2D eigenvalue weighted by atomic mass is 16.6. The number of aryl methyl sites for hydroxylation is 1. The molecule has 0 spiro atoms. The molecule has 0 atom stereocenters. The molecular weight excluding hydrogens is 350 g/mol. The van der Waals surface area contributed by atoms with Crippen molar-refractivity contribution < 1.29 is 9.72 Å². The van der Waals surface area contributed by atoms with Crippen LogP contribution < -0.4 is 10.9 Å². The molecule has 0 radical (unpaired) electrons. The smallest absolute Gasteiger partial charge is 0.293 e. The van der Waals surface area contributed by atoms with Gasteiger partial charge in [-0.2, -0.15) is 5.10 Å². The van der Waals surface area contributed by atoms with E-state index in [0.29, 0.717) is 16.8 Å². The standard InChI is InChI=1S/C18H15N5O4/c1-12-4-2-6-15(23(26)27)18(12)20-16(24)11-22-17(25)8-7-14(21-22)13-5-3-9-19-10-13/h2-10H,11H2,1H3,(H,20,24). The van der Waals surface area contributed by atoms with E-state index in [1.165, 1.54) is 18.2 Å². The number of amides is 1. The Labute approximate surface area is 153 Å². The zero-order valence-corrected chi connectivity index (χ0v) is 14.3. The number of nitro groups is 1. The van der Waals surface area contributed by atoms with E-state index in [2.05, 4.69) is 15.4 Å². The zero-order chi connectivity index (χ0) is 19.4. The van der Waals surface area contributed by atoms with E-state index in [9.17, 15) is 19.7 Å². The minimum Gasteiger partial charge on any atom is -0.319 e. The molecule has 0 saturated carbocycles. The molecule has 3 rings (SSSR count). The summed E-state index contributed by atoms with van der Waals surface area (Å²) in [5.74, 6) is -0.592. The lowest BCUT2D eigenvalue weighted by atomic mass is 10.1. The van der Waals surface area contributed by atoms with Crippen molar-refractivity contribution >= 4 is 17.3 Å². The third kappa shape index (κ3) is 4.03. The van der Waals surface area contributed by atoms with Crippen LogP contribution in [0, 0.1) is 17.0 Å². The van der Waals surface area contributed by atoms with Gasteiger partial charge >= 0.3 is 0 Å². The maximum atomic E-state index is 12.4. The van der Waals surface area contributed by atoms with Crippen molar-refractivity contribution in [3.63, 3.8) is 0 Å². The second-order valence-electron chi connectivity index (χ2n) is 5.73. The average Bonchev–Trinajstić information content (AvgIpc) is 2.65. The number of carbonyl (C=O) groups is 1. The number of hydrogen-bond donors (Lipinski definition) is 1. The SMILES string of the molecule is Cc1cccc([N+](=O)[O-])c1NC(=O)Cn1nc(-c2cccnc2)ccc1=O. The van der Waals surface area contributed by atoms with Crippen LogP contribution in [0.15, 0.2) is 59.7 Å². The second kappa shape index (κ2) is 7.56. The highest BCUT2D eigenvalue weighted by Crippen LogP contribution is 2.27. The van der Waals surface area contributed by atoms with Crippen LogP contribution in [0.1, 0.15) is 5.56 Å². The fourth-order valence-corrected chi connectivity index (χ4v) is 2.51. The molecule has 0 fully saturated rings. The van der Waals surface area contributed by atoms with Crippen molar-refractivity contribution in [1.82, 2.24) is 14.8 Å². The molecule has 9 heteroatoms. The summed E-state index contributed by atoms with van der Waals surface area (Å²) < 4.78 is 1.00. The minimum absolute atomic E-state index is 0.101. The van der Waals surface area contributed by atoms with Gasteiger partial charge in [0.05, 0.1) is 10.6 Å². The molecule has 136 valence electrons. The van der Waals surface area contributed by atoms with Crippen molar-refractivity contribution in [2.75, 3.05) is 5.32 Å². The van der Waals surface area contributed by atoms with Gasteiger partial charge in [0, 0.05) is 30.1 Å². The Morgan fingerprint density at radius 3 is 2.74 bits per heavy atom. The van der Waals surface area contributed by atoms with Crippen LogP contribution in [0.4, 0.5) is 11.4 Å². The number of anilines is 1. The highest BCUT2D eigenvalue weighted by molar-refractivity contribution is 5.93. The lowest BCUT2D eigenvalue weighted by Gasteiger charge is -2.10. The Morgan fingerprint density at radius 1 is 1.22 bits per heavy atom. The maximum Gasteiger partial charge on any atom is 0.293 e. The third-order valence-electron chi connectivity index (χ3n) is 3.83. The van der Waals surface area contributed by atoms with Gasteiger partial charge < -0.3 is 5.32 Å². The van der Waals surface area contributed by atoms with Gasteiger partial charge in [-0.15, -0.1) is 0 Å². The number of para-hydroxylation sites is 1. The van der Waals surface area contributed by atoms with E-state index >= 15 is 0 Å². The van der Waals surface area contributed by atoms with Crippen LogP contribution in [0.3, 0.4) is 0 Å². The van der Waals surface area contributed by atoms with Crippen LogP contribution in [0.25, 0.3) is 11.3 Å². The summed E-state index contributed by atoms with van der Waals surface area (Å²) in [5.41, 5.74) is 1.15. The molecular formula is C18H15N5O4. The summed E-state index contributed by atoms with van der Waals surface area (Å²) in [6, 6.07) is 10.8. The summed E-state index contributed by atoms with van der Waals surface area (Å²) >= 11 is 0. The topological polar surface area (TPSA) is 120 Å². The van der Waals surface area contributed by atoms with Crippen LogP contribution >= 0.6 is 0 Å². The molecule has 0 bridgehead atoms. The summed E-state index contributed by atoms with van der Waals surface area (Å²) in [7, 11) is 0. The minimum atomic E-state index is -0.592. The summed E-state index contributed by atoms with van der Waals surface area (Å²) in [6.45, 7) is 1.27. The van der Waals surface area contributed by atoms with Crippen LogP contribution in [-0.2, 0) is 11.3 Å². The van der Waals surface area contributed by atoms with E-state index in [4.69, 9.17) is 0 Å². The number of benzene rings is 1. The molecule has 0 aliphatic heterocycles. The Kier molecular flexibility index (Phi) is 5.02. The molecule has 1 amide bonds. The lowest BCUT2D eigenvalue weighted by molar-refractivity contribution is -0.384. The number of nitro benzene ring substituents is 1. The van der Waals surface area contributed by atoms with Gasteiger partial charge in [0.25, 0.3) is 11.2 Å². The number of nitrogens with one attached hydrogen (secondary N) is 1. The fraction of sp³-hybridized carbons (Fsp3) is 0.111. The van der Waals surface area contributed by atoms with Crippen LogP contribution in [0.5, 0.6) is 0 Å². The van der Waals surface area contributed by atoms with Crippen molar-refractivity contribution in [3.05, 3.63) is 80.9 Å². The maximum absolute atomic E-state index is 12.4. The number of nitrogens with zero attached hydrogens (tertiary/aromatic N) is 4. The third-order valence-corrected chi connectivity index (χ3v) is 3.83. The van der Waals surface area contributed by atoms with E-state index in [1.807, 2.05) is 0 Å². The van der Waals surface area contributed by atoms with Gasteiger partial charge in [0.15, 0.2) is 0 Å². The van der Waals surface area contributed by atoms with Gasteiger partial charge in [-0.3, -0.25) is 24.7 Å². The monoisotopic (exact) mass is 365 g/mol. The Hall–Kier alpha value is -3.88. The molecule has 0 unspecified atom stereocenters. The van der Waals surface area contributed by atoms with Gasteiger partial charge in [0.1, 0.15) is 12.2 Å². The van der Waals surface area contributed by atoms with Gasteiger partial charge in [-0.1, -0.05) is 12.1 Å². The summed E-state index contributed by atoms with van der Waals surface area (Å²) in [4.78, 5) is 39.0. The van der Waals surface area contributed by atoms with Gasteiger partial charge in [-0.05, 0) is 30.7 Å². The lowest BCUT2D eigenvalue weighted by Crippen LogP contribution is -2.29. The first-order chi connectivity index (χ1) is 13.0. The zero-order valence-electron chi connectivity index (χ0n) is 14.3. The Morgan fingerprint density at radius 2 is 2.04 bits per heavy atom. The van der Waals surface area contributed by atoms with Crippen LogP contribution in [-0.4, -0.2) is 25.6 Å². The molecule has 27 heavy (non-hydrogen) atoms. The molecule has 1 aromatic carbocycles. The summed E-state index contributed by atoms with van der Waals surface area (Å²) in [6.07, 6.45) is 3.20. The summed E-state index contributed by atoms with van der Waals surface area (Å²) in [5, 5.41) is 17.8. The molecule has 0 aliphatic carbocycles. The van der Waals surface area contributed by atoms with Crippen molar-refractivity contribution in [1.29, 1.82) is 0 Å². The molecule has 2 heterocycles. The normalized spacial score (nSPS) is 10.4. The fourth-order valence-electron chi connectivity index (χ4n) is 2.51. The number of rotatable bonds is 5. The van der Waals surface area contributed by atoms with Crippen molar-refractivity contribution in [2.24, 2.45) is 0 Å². The first kappa shape index (κ1) is 17.9. The molecule has 2 aromatic heterocycles. The quantitative estimate of drug-likeness (QED) is 0.546. The number of aromatic nitrogens is 3. The number of carbonyl (C=O) groups excluding carboxylic acids is 1. The molecule has 0 saturated heterocycles. The number of pyridine rings is 1. The number of hydrogen-bond acceptors (Lipinski definition) is 6. The largest absolute Gasteiger partial charge is 0.319 e. The van der Waals surface area contributed by atoms with Crippen LogP contribution in [0.2, 0.25) is 0 Å². The van der Waals surface area contributed by atoms with Gasteiger partial charge in [-0.25, -0.2) is 4.68 Å². The molecule has 0 aliphatic rings. The van der Waals surface area contributed by atoms with Crippen molar-refractivity contribution in [3.8, 4) is 11.3 Å². The predicted molar refractivity (Wildman–Crippen MR) is 98.2 cm³/mol. The Balaban J connectivity index is 1.85. The molecule has 3 aromatic rings. The van der Waals surface area contributed by atoms with E-state index in [-0.39, 0.29) is 17.9 Å². The van der Waals surface area contributed by atoms with E-state index < -0.39 is 16.4 Å². The first-order valence-corrected chi connectivity index (χ1v) is 7.98. The van der Waals surface area contributed by atoms with E-state index in [0.717, 1.165) is 4.68 Å². The second-order valence-corrected chi connectivity index (χ2v) is 5.73. The first-order valence-electron chi connectivity index (χ1n) is 7.98. The highest BCUT2D eigenvalue weighted by Gasteiger charge is 2.18. The van der Waals surface area contributed by atoms with E-state index in [1.54, 1.807) is 43.6 Å². The molecule has 9 nitrogen and oxygen atoms in total. The molecule has 1 N–H and O–H groups in total. The van der Waals surface area contributed by atoms with Crippen molar-refractivity contribution in [2.45, 2.75) is 13.5 Å². The van der Waals surface area contributed by atoms with Gasteiger partial charge in [0.2, 0.25) is 5.91 Å². The average molecular weight is 365 g/mol.